The first-order chi connectivity index (χ1) is 5.65. The maximum Gasteiger partial charge on any atom is 0.179 e. The van der Waals surface area contributed by atoms with Crippen molar-refractivity contribution in [1.29, 1.82) is 0 Å². The summed E-state index contributed by atoms with van der Waals surface area (Å²) in [6, 6.07) is 1.71. The standard InChI is InChI=1S/C8H8BrNO2/c1-5(11)8-7(9)3-6(12-2)4-10-8/h3-4H,1-2H3. The number of ketones is 1. The number of aromatic nitrogens is 1. The van der Waals surface area contributed by atoms with Crippen LogP contribution in [0.15, 0.2) is 16.7 Å². The van der Waals surface area contributed by atoms with Crippen molar-refractivity contribution in [2.45, 2.75) is 6.92 Å². The van der Waals surface area contributed by atoms with Crippen LogP contribution in [0.1, 0.15) is 17.4 Å². The number of carbonyl (C=O) groups is 1. The summed E-state index contributed by atoms with van der Waals surface area (Å²) in [5, 5.41) is 0. The molecule has 1 rings (SSSR count). The van der Waals surface area contributed by atoms with Crippen molar-refractivity contribution in [1.82, 2.24) is 4.98 Å². The maximum absolute atomic E-state index is 10.9. The van der Waals surface area contributed by atoms with E-state index in [9.17, 15) is 4.79 Å². The van der Waals surface area contributed by atoms with Gasteiger partial charge in [-0.2, -0.15) is 0 Å². The fraction of sp³-hybridized carbons (Fsp3) is 0.250. The minimum atomic E-state index is -0.0653. The zero-order valence-electron chi connectivity index (χ0n) is 6.80. The Morgan fingerprint density at radius 2 is 2.33 bits per heavy atom. The van der Waals surface area contributed by atoms with Crippen LogP contribution in [0, 0.1) is 0 Å². The Hall–Kier alpha value is -0.900. The molecule has 0 aliphatic rings. The lowest BCUT2D eigenvalue weighted by atomic mass is 10.3. The smallest absolute Gasteiger partial charge is 0.179 e. The van der Waals surface area contributed by atoms with Crippen molar-refractivity contribution < 1.29 is 9.53 Å². The second kappa shape index (κ2) is 3.67. The van der Waals surface area contributed by atoms with Gasteiger partial charge in [0.1, 0.15) is 11.4 Å². The van der Waals surface area contributed by atoms with E-state index in [2.05, 4.69) is 20.9 Å². The van der Waals surface area contributed by atoms with E-state index in [4.69, 9.17) is 4.74 Å². The molecule has 0 N–H and O–H groups in total. The quantitative estimate of drug-likeness (QED) is 0.730. The first-order valence-corrected chi connectivity index (χ1v) is 4.15. The third-order valence-corrected chi connectivity index (χ3v) is 1.99. The summed E-state index contributed by atoms with van der Waals surface area (Å²) >= 11 is 3.23. The summed E-state index contributed by atoms with van der Waals surface area (Å²) in [4.78, 5) is 14.9. The van der Waals surface area contributed by atoms with Gasteiger partial charge in [-0.15, -0.1) is 0 Å². The van der Waals surface area contributed by atoms with Gasteiger partial charge in [0.25, 0.3) is 0 Å². The fourth-order valence-electron chi connectivity index (χ4n) is 0.791. The molecule has 4 heteroatoms. The highest BCUT2D eigenvalue weighted by Crippen LogP contribution is 2.20. The molecule has 0 atom stereocenters. The average Bonchev–Trinajstić information content (AvgIpc) is 2.03. The number of Topliss-reactive ketones (excluding diaryl/α,β-unsaturated/α-hetero) is 1. The molecule has 0 spiro atoms. The molecule has 3 nitrogen and oxygen atoms in total. The summed E-state index contributed by atoms with van der Waals surface area (Å²) in [6.45, 7) is 1.47. The summed E-state index contributed by atoms with van der Waals surface area (Å²) in [6.07, 6.45) is 1.52. The van der Waals surface area contributed by atoms with Crippen LogP contribution < -0.4 is 4.74 Å². The van der Waals surface area contributed by atoms with Crippen molar-refractivity contribution in [3.63, 3.8) is 0 Å². The van der Waals surface area contributed by atoms with E-state index >= 15 is 0 Å². The van der Waals surface area contributed by atoms with Crippen molar-refractivity contribution in [2.75, 3.05) is 7.11 Å². The SMILES string of the molecule is COc1cnc(C(C)=O)c(Br)c1. The highest BCUT2D eigenvalue weighted by atomic mass is 79.9. The van der Waals surface area contributed by atoms with Crippen LogP contribution in [-0.4, -0.2) is 17.9 Å². The molecule has 0 fully saturated rings. The summed E-state index contributed by atoms with van der Waals surface area (Å²) in [5.74, 6) is 0.566. The first-order valence-electron chi connectivity index (χ1n) is 3.35. The lowest BCUT2D eigenvalue weighted by molar-refractivity contribution is 0.101. The molecular weight excluding hydrogens is 222 g/mol. The van der Waals surface area contributed by atoms with Gasteiger partial charge in [-0.25, -0.2) is 4.98 Å². The van der Waals surface area contributed by atoms with Gasteiger partial charge in [0.2, 0.25) is 0 Å². The monoisotopic (exact) mass is 229 g/mol. The highest BCUT2D eigenvalue weighted by Gasteiger charge is 2.07. The van der Waals surface area contributed by atoms with Crippen LogP contribution >= 0.6 is 15.9 Å². The van der Waals surface area contributed by atoms with E-state index in [1.54, 1.807) is 13.2 Å². The Morgan fingerprint density at radius 3 is 2.75 bits per heavy atom. The molecule has 1 heterocycles. The predicted octanol–water partition coefficient (Wildman–Crippen LogP) is 2.06. The van der Waals surface area contributed by atoms with Crippen molar-refractivity contribution in [3.8, 4) is 5.75 Å². The Kier molecular flexibility index (Phi) is 2.81. The number of nitrogens with zero attached hydrogens (tertiary/aromatic N) is 1. The first kappa shape index (κ1) is 9.19. The molecule has 12 heavy (non-hydrogen) atoms. The van der Waals surface area contributed by atoms with Crippen molar-refractivity contribution in [2.24, 2.45) is 0 Å². The van der Waals surface area contributed by atoms with Crippen LogP contribution in [0.4, 0.5) is 0 Å². The zero-order chi connectivity index (χ0) is 9.14. The number of pyridine rings is 1. The third-order valence-electron chi connectivity index (χ3n) is 1.39. The molecule has 0 aliphatic heterocycles. The second-order valence-electron chi connectivity index (χ2n) is 2.26. The predicted molar refractivity (Wildman–Crippen MR) is 48.5 cm³/mol. The second-order valence-corrected chi connectivity index (χ2v) is 3.12. The molecule has 1 aromatic rings. The molecule has 0 amide bonds. The number of hydrogen-bond acceptors (Lipinski definition) is 3. The normalized spacial score (nSPS) is 9.58. The van der Waals surface area contributed by atoms with E-state index < -0.39 is 0 Å². The van der Waals surface area contributed by atoms with E-state index in [0.717, 1.165) is 0 Å². The largest absolute Gasteiger partial charge is 0.495 e. The van der Waals surface area contributed by atoms with Gasteiger partial charge < -0.3 is 4.74 Å². The average molecular weight is 230 g/mol. The van der Waals surface area contributed by atoms with E-state index in [1.807, 2.05) is 0 Å². The van der Waals surface area contributed by atoms with Crippen LogP contribution in [0.3, 0.4) is 0 Å². The Bertz CT molecular complexity index is 312. The molecule has 0 aliphatic carbocycles. The third kappa shape index (κ3) is 1.82. The molecule has 1 aromatic heterocycles. The molecule has 0 saturated carbocycles. The number of methoxy groups -OCH3 is 1. The van der Waals surface area contributed by atoms with Gasteiger partial charge in [0.15, 0.2) is 5.78 Å². The number of hydrogen-bond donors (Lipinski definition) is 0. The molecule has 0 bridgehead atoms. The molecule has 0 saturated heterocycles. The van der Waals surface area contributed by atoms with E-state index in [-0.39, 0.29) is 5.78 Å². The summed E-state index contributed by atoms with van der Waals surface area (Å²) < 4.78 is 5.59. The van der Waals surface area contributed by atoms with Gasteiger partial charge in [0.05, 0.1) is 17.8 Å². The fourth-order valence-corrected chi connectivity index (χ4v) is 1.40. The Morgan fingerprint density at radius 1 is 1.67 bits per heavy atom. The van der Waals surface area contributed by atoms with E-state index in [1.165, 1.54) is 13.1 Å². The van der Waals surface area contributed by atoms with Crippen molar-refractivity contribution >= 4 is 21.7 Å². The lowest BCUT2D eigenvalue weighted by Gasteiger charge is -2.01. The summed E-state index contributed by atoms with van der Waals surface area (Å²) in [5.41, 5.74) is 0.427. The number of rotatable bonds is 2. The molecule has 64 valence electrons. The topological polar surface area (TPSA) is 39.2 Å². The van der Waals surface area contributed by atoms with E-state index in [0.29, 0.717) is 15.9 Å². The molecular formula is C8H8BrNO2. The number of halogens is 1. The van der Waals surface area contributed by atoms with Crippen LogP contribution in [0.2, 0.25) is 0 Å². The Balaban J connectivity index is 3.12. The van der Waals surface area contributed by atoms with Gasteiger partial charge in [0, 0.05) is 6.92 Å². The van der Waals surface area contributed by atoms with Crippen LogP contribution in [0.5, 0.6) is 5.75 Å². The minimum absolute atomic E-state index is 0.0653. The van der Waals surface area contributed by atoms with Gasteiger partial charge in [-0.1, -0.05) is 0 Å². The lowest BCUT2D eigenvalue weighted by Crippen LogP contribution is -1.98. The molecule has 0 unspecified atom stereocenters. The molecule has 0 radical (unpaired) electrons. The number of ether oxygens (including phenoxy) is 1. The maximum atomic E-state index is 10.9. The molecule has 0 aromatic carbocycles. The van der Waals surface area contributed by atoms with Gasteiger partial charge >= 0.3 is 0 Å². The van der Waals surface area contributed by atoms with Crippen LogP contribution in [-0.2, 0) is 0 Å². The van der Waals surface area contributed by atoms with Crippen LogP contribution in [0.25, 0.3) is 0 Å². The Labute approximate surface area is 78.9 Å². The summed E-state index contributed by atoms with van der Waals surface area (Å²) in [7, 11) is 1.55. The van der Waals surface area contributed by atoms with Gasteiger partial charge in [-0.3, -0.25) is 4.79 Å². The number of carbonyl (C=O) groups excluding carboxylic acids is 1. The zero-order valence-corrected chi connectivity index (χ0v) is 8.38. The van der Waals surface area contributed by atoms with Gasteiger partial charge in [-0.05, 0) is 22.0 Å². The highest BCUT2D eigenvalue weighted by molar-refractivity contribution is 9.10. The van der Waals surface area contributed by atoms with Crippen molar-refractivity contribution in [3.05, 3.63) is 22.4 Å². The minimum Gasteiger partial charge on any atom is -0.495 e.